The van der Waals surface area contributed by atoms with E-state index in [2.05, 4.69) is 27.1 Å². The average Bonchev–Trinajstić information content (AvgIpc) is 3.30. The van der Waals surface area contributed by atoms with Crippen LogP contribution in [0.15, 0.2) is 64.5 Å². The summed E-state index contributed by atoms with van der Waals surface area (Å²) in [5.41, 5.74) is 2.15. The largest absolute Gasteiger partial charge is 0.377 e. The van der Waals surface area contributed by atoms with E-state index in [4.69, 9.17) is 9.73 Å². The van der Waals surface area contributed by atoms with Crippen molar-refractivity contribution < 1.29 is 13.2 Å². The van der Waals surface area contributed by atoms with Gasteiger partial charge in [0.25, 0.3) is 0 Å². The third kappa shape index (κ3) is 8.02. The van der Waals surface area contributed by atoms with Crippen LogP contribution in [0.4, 0.5) is 0 Å². The molecule has 3 rings (SSSR count). The molecule has 7 nitrogen and oxygen atoms in total. The van der Waals surface area contributed by atoms with Gasteiger partial charge in [-0.25, -0.2) is 18.1 Å². The highest BCUT2D eigenvalue weighted by molar-refractivity contribution is 14.0. The number of hydrogen-bond acceptors (Lipinski definition) is 4. The first-order valence-corrected chi connectivity index (χ1v) is 12.2. The van der Waals surface area contributed by atoms with E-state index in [9.17, 15) is 8.42 Å². The number of aliphatic imine (C=N–C) groups is 1. The summed E-state index contributed by atoms with van der Waals surface area (Å²) in [5.74, 6) is 0.807. The van der Waals surface area contributed by atoms with Crippen molar-refractivity contribution in [2.24, 2.45) is 4.99 Å². The lowest BCUT2D eigenvalue weighted by atomic mass is 10.2. The Morgan fingerprint density at radius 1 is 1.12 bits per heavy atom. The lowest BCUT2D eigenvalue weighted by molar-refractivity contribution is 0.114. The van der Waals surface area contributed by atoms with Crippen LogP contribution in [-0.4, -0.2) is 52.1 Å². The van der Waals surface area contributed by atoms with Crippen molar-refractivity contribution in [2.45, 2.75) is 43.9 Å². The van der Waals surface area contributed by atoms with Crippen LogP contribution < -0.4 is 10.0 Å². The van der Waals surface area contributed by atoms with Crippen molar-refractivity contribution in [3.63, 3.8) is 0 Å². The summed E-state index contributed by atoms with van der Waals surface area (Å²) in [7, 11) is -1.53. The minimum Gasteiger partial charge on any atom is -0.377 e. The van der Waals surface area contributed by atoms with E-state index in [1.54, 1.807) is 12.1 Å². The molecule has 1 fully saturated rings. The Balaban J connectivity index is 0.00000363. The Hall–Kier alpha value is -1.69. The van der Waals surface area contributed by atoms with E-state index in [1.807, 2.05) is 44.3 Å². The molecule has 9 heteroatoms. The van der Waals surface area contributed by atoms with E-state index in [1.165, 1.54) is 5.56 Å². The summed E-state index contributed by atoms with van der Waals surface area (Å²) in [6, 6.07) is 17.1. The zero-order valence-corrected chi connectivity index (χ0v) is 21.8. The van der Waals surface area contributed by atoms with Gasteiger partial charge in [-0.05, 0) is 43.0 Å². The summed E-state index contributed by atoms with van der Waals surface area (Å²) in [5, 5.41) is 3.31. The van der Waals surface area contributed by atoms with Crippen molar-refractivity contribution in [3.05, 3.63) is 65.7 Å². The van der Waals surface area contributed by atoms with E-state index in [0.29, 0.717) is 19.7 Å². The van der Waals surface area contributed by atoms with Gasteiger partial charge < -0.3 is 15.0 Å². The predicted octanol–water partition coefficient (Wildman–Crippen LogP) is 3.36. The Bertz CT molecular complexity index is 947. The van der Waals surface area contributed by atoms with Crippen LogP contribution in [0.3, 0.4) is 0 Å². The smallest absolute Gasteiger partial charge is 0.240 e. The van der Waals surface area contributed by atoms with Gasteiger partial charge >= 0.3 is 0 Å². The normalized spacial score (nSPS) is 16.4. The molecule has 32 heavy (non-hydrogen) atoms. The molecule has 0 aliphatic carbocycles. The number of benzene rings is 2. The topological polar surface area (TPSA) is 83.0 Å². The van der Waals surface area contributed by atoms with Crippen molar-refractivity contribution in [2.75, 3.05) is 26.7 Å². The molecule has 0 saturated carbocycles. The SMILES string of the molecule is CCNC(=NCc1ccc(S(=O)(=O)NCC2CCCO2)cc1)N(C)Cc1ccccc1.I. The molecule has 0 amide bonds. The number of hydrogen-bond donors (Lipinski definition) is 2. The maximum atomic E-state index is 12.5. The van der Waals surface area contributed by atoms with Crippen LogP contribution >= 0.6 is 24.0 Å². The summed E-state index contributed by atoms with van der Waals surface area (Å²) in [4.78, 5) is 7.04. The second kappa shape index (κ2) is 13.1. The van der Waals surface area contributed by atoms with Crippen LogP contribution in [0.2, 0.25) is 0 Å². The Labute approximate surface area is 208 Å². The highest BCUT2D eigenvalue weighted by atomic mass is 127. The van der Waals surface area contributed by atoms with Crippen LogP contribution in [0.1, 0.15) is 30.9 Å². The van der Waals surface area contributed by atoms with Gasteiger partial charge in [-0.1, -0.05) is 42.5 Å². The first-order chi connectivity index (χ1) is 15.0. The molecule has 0 radical (unpaired) electrons. The van der Waals surface area contributed by atoms with Crippen LogP contribution in [-0.2, 0) is 27.8 Å². The van der Waals surface area contributed by atoms with Gasteiger partial charge in [-0.3, -0.25) is 0 Å². The highest BCUT2D eigenvalue weighted by Crippen LogP contribution is 2.14. The molecule has 2 N–H and O–H groups in total. The summed E-state index contributed by atoms with van der Waals surface area (Å²) in [6.45, 7) is 5.04. The van der Waals surface area contributed by atoms with Gasteiger partial charge in [-0.2, -0.15) is 0 Å². The minimum atomic E-state index is -3.54. The Morgan fingerprint density at radius 3 is 2.47 bits per heavy atom. The van der Waals surface area contributed by atoms with Crippen LogP contribution in [0.25, 0.3) is 0 Å². The highest BCUT2D eigenvalue weighted by Gasteiger charge is 2.20. The fourth-order valence-electron chi connectivity index (χ4n) is 3.43. The van der Waals surface area contributed by atoms with Gasteiger partial charge in [0.1, 0.15) is 0 Å². The molecule has 0 bridgehead atoms. The minimum absolute atomic E-state index is 0. The summed E-state index contributed by atoms with van der Waals surface area (Å²) in [6.07, 6.45) is 1.85. The molecular formula is C23H33IN4O3S. The molecular weight excluding hydrogens is 539 g/mol. The molecule has 1 heterocycles. The molecule has 176 valence electrons. The Kier molecular flexibility index (Phi) is 10.9. The van der Waals surface area contributed by atoms with E-state index >= 15 is 0 Å². The second-order valence-electron chi connectivity index (χ2n) is 7.64. The standard InChI is InChI=1S/C23H32N4O3S.HI/c1-3-24-23(27(2)18-20-8-5-4-6-9-20)25-16-19-11-13-22(14-12-19)31(28,29)26-17-21-10-7-15-30-21;/h4-6,8-9,11-14,21,26H,3,7,10,15-18H2,1-2H3,(H,24,25);1H. The Morgan fingerprint density at radius 2 is 1.84 bits per heavy atom. The van der Waals surface area contributed by atoms with Gasteiger partial charge in [-0.15, -0.1) is 24.0 Å². The van der Waals surface area contributed by atoms with Crippen molar-refractivity contribution in [1.29, 1.82) is 0 Å². The quantitative estimate of drug-likeness (QED) is 0.274. The first-order valence-electron chi connectivity index (χ1n) is 10.7. The number of guanidine groups is 1. The van der Waals surface area contributed by atoms with Crippen molar-refractivity contribution in [1.82, 2.24) is 14.9 Å². The molecule has 1 aliphatic heterocycles. The van der Waals surface area contributed by atoms with Crippen LogP contribution in [0.5, 0.6) is 0 Å². The third-order valence-corrected chi connectivity index (χ3v) is 6.57. The summed E-state index contributed by atoms with van der Waals surface area (Å²) < 4.78 is 33.1. The van der Waals surface area contributed by atoms with Crippen molar-refractivity contribution in [3.8, 4) is 0 Å². The number of ether oxygens (including phenoxy) is 1. The zero-order chi connectivity index (χ0) is 22.1. The molecule has 1 atom stereocenters. The number of sulfonamides is 1. The first kappa shape index (κ1) is 26.6. The third-order valence-electron chi connectivity index (χ3n) is 5.13. The molecule has 1 aliphatic rings. The molecule has 2 aromatic rings. The molecule has 0 spiro atoms. The number of nitrogens with zero attached hydrogens (tertiary/aromatic N) is 2. The lowest BCUT2D eigenvalue weighted by Crippen LogP contribution is -2.38. The monoisotopic (exact) mass is 572 g/mol. The van der Waals surface area contributed by atoms with Crippen molar-refractivity contribution >= 4 is 40.0 Å². The van der Waals surface area contributed by atoms with Gasteiger partial charge in [0.2, 0.25) is 10.0 Å². The fraction of sp³-hybridized carbons (Fsp3) is 0.435. The number of nitrogens with one attached hydrogen (secondary N) is 2. The zero-order valence-electron chi connectivity index (χ0n) is 18.7. The maximum absolute atomic E-state index is 12.5. The van der Waals surface area contributed by atoms with E-state index in [0.717, 1.165) is 37.5 Å². The van der Waals surface area contributed by atoms with E-state index < -0.39 is 10.0 Å². The van der Waals surface area contributed by atoms with Gasteiger partial charge in [0.05, 0.1) is 17.5 Å². The summed E-state index contributed by atoms with van der Waals surface area (Å²) >= 11 is 0. The number of halogens is 1. The predicted molar refractivity (Wildman–Crippen MR) is 139 cm³/mol. The lowest BCUT2D eigenvalue weighted by Gasteiger charge is -2.22. The fourth-order valence-corrected chi connectivity index (χ4v) is 4.50. The van der Waals surface area contributed by atoms with E-state index in [-0.39, 0.29) is 35.0 Å². The maximum Gasteiger partial charge on any atom is 0.240 e. The van der Waals surface area contributed by atoms with Gasteiger partial charge in [0.15, 0.2) is 5.96 Å². The molecule has 1 unspecified atom stereocenters. The van der Waals surface area contributed by atoms with Gasteiger partial charge in [0, 0.05) is 33.3 Å². The average molecular weight is 573 g/mol. The molecule has 1 saturated heterocycles. The molecule has 0 aromatic heterocycles. The second-order valence-corrected chi connectivity index (χ2v) is 9.41. The number of rotatable bonds is 9. The van der Waals surface area contributed by atoms with Crippen LogP contribution in [0, 0.1) is 0 Å². The molecule has 2 aromatic carbocycles.